The van der Waals surface area contributed by atoms with Crippen LogP contribution >= 0.6 is 11.6 Å². The molecule has 0 amide bonds. The second kappa shape index (κ2) is 7.53. The highest BCUT2D eigenvalue weighted by Gasteiger charge is 2.25. The predicted molar refractivity (Wildman–Crippen MR) is 98.8 cm³/mol. The predicted octanol–water partition coefficient (Wildman–Crippen LogP) is 4.72. The van der Waals surface area contributed by atoms with E-state index in [2.05, 4.69) is 18.8 Å². The maximum Gasteiger partial charge on any atom is 0.363 e. The first-order chi connectivity index (χ1) is 12.0. The van der Waals surface area contributed by atoms with Gasteiger partial charge in [-0.15, -0.1) is 0 Å². The van der Waals surface area contributed by atoms with E-state index in [9.17, 15) is 4.79 Å². The highest BCUT2D eigenvalue weighted by molar-refractivity contribution is 6.34. The molecule has 2 aromatic rings. The van der Waals surface area contributed by atoms with Crippen molar-refractivity contribution in [3.8, 4) is 5.75 Å². The van der Waals surface area contributed by atoms with Gasteiger partial charge in [0.15, 0.2) is 5.70 Å². The summed E-state index contributed by atoms with van der Waals surface area (Å²) in [4.78, 5) is 16.3. The highest BCUT2D eigenvalue weighted by atomic mass is 35.5. The molecule has 0 N–H and O–H groups in total. The molecule has 5 heteroatoms. The van der Waals surface area contributed by atoms with E-state index >= 15 is 0 Å². The van der Waals surface area contributed by atoms with Gasteiger partial charge in [0.2, 0.25) is 5.90 Å². The number of ether oxygens (including phenoxy) is 2. The Kier molecular flexibility index (Phi) is 5.19. The van der Waals surface area contributed by atoms with E-state index in [4.69, 9.17) is 21.1 Å². The molecule has 0 bridgehead atoms. The smallest absolute Gasteiger partial charge is 0.363 e. The third-order valence-corrected chi connectivity index (χ3v) is 3.82. The van der Waals surface area contributed by atoms with Gasteiger partial charge in [0.1, 0.15) is 5.75 Å². The van der Waals surface area contributed by atoms with Crippen LogP contribution in [-0.4, -0.2) is 18.5 Å². The summed E-state index contributed by atoms with van der Waals surface area (Å²) < 4.78 is 10.9. The first kappa shape index (κ1) is 17.2. The Labute approximate surface area is 151 Å². The van der Waals surface area contributed by atoms with Gasteiger partial charge in [-0.3, -0.25) is 0 Å². The number of hydrogen-bond acceptors (Lipinski definition) is 4. The van der Waals surface area contributed by atoms with E-state index in [1.807, 2.05) is 36.4 Å². The van der Waals surface area contributed by atoms with E-state index in [1.165, 1.54) is 0 Å². The molecule has 3 rings (SSSR count). The molecule has 0 saturated heterocycles. The van der Waals surface area contributed by atoms with Gasteiger partial charge in [0, 0.05) is 0 Å². The van der Waals surface area contributed by atoms with Crippen LogP contribution in [0.25, 0.3) is 6.08 Å². The molecule has 1 aliphatic rings. The zero-order valence-electron chi connectivity index (χ0n) is 14.0. The van der Waals surface area contributed by atoms with Gasteiger partial charge in [-0.05, 0) is 41.8 Å². The van der Waals surface area contributed by atoms with Crippen molar-refractivity contribution in [3.05, 3.63) is 70.4 Å². The van der Waals surface area contributed by atoms with Crippen LogP contribution in [0.2, 0.25) is 5.02 Å². The number of benzene rings is 2. The molecule has 0 saturated carbocycles. The lowest BCUT2D eigenvalue weighted by atomic mass is 10.2. The molecule has 1 aliphatic heterocycles. The lowest BCUT2D eigenvalue weighted by Gasteiger charge is -2.08. The molecule has 0 fully saturated rings. The summed E-state index contributed by atoms with van der Waals surface area (Å²) in [6.07, 6.45) is 1.68. The topological polar surface area (TPSA) is 47.9 Å². The number of rotatable bonds is 5. The van der Waals surface area contributed by atoms with Crippen molar-refractivity contribution >= 4 is 29.5 Å². The SMILES string of the molecule is CC(C)COc1ccc(/C=C2\N=C(c3ccccc3Cl)OC2=O)cc1. The van der Waals surface area contributed by atoms with E-state index in [-0.39, 0.29) is 11.6 Å². The van der Waals surface area contributed by atoms with Crippen LogP contribution in [-0.2, 0) is 9.53 Å². The molecular formula is C20H18ClNO3. The lowest BCUT2D eigenvalue weighted by molar-refractivity contribution is -0.129. The molecule has 128 valence electrons. The van der Waals surface area contributed by atoms with E-state index in [1.54, 1.807) is 18.2 Å². The summed E-state index contributed by atoms with van der Waals surface area (Å²) in [6.45, 7) is 4.86. The van der Waals surface area contributed by atoms with Gasteiger partial charge < -0.3 is 9.47 Å². The molecule has 0 atom stereocenters. The van der Waals surface area contributed by atoms with E-state index < -0.39 is 5.97 Å². The summed E-state index contributed by atoms with van der Waals surface area (Å²) in [5, 5.41) is 0.488. The summed E-state index contributed by atoms with van der Waals surface area (Å²) in [6, 6.07) is 14.6. The maximum atomic E-state index is 12.0. The fraction of sp³-hybridized carbons (Fsp3) is 0.200. The van der Waals surface area contributed by atoms with Crippen LogP contribution in [0.3, 0.4) is 0 Å². The van der Waals surface area contributed by atoms with Crippen molar-refractivity contribution in [2.75, 3.05) is 6.61 Å². The van der Waals surface area contributed by atoms with Crippen molar-refractivity contribution in [2.45, 2.75) is 13.8 Å². The molecule has 1 heterocycles. The van der Waals surface area contributed by atoms with Gasteiger partial charge in [0.05, 0.1) is 17.2 Å². The van der Waals surface area contributed by atoms with Gasteiger partial charge in [-0.2, -0.15) is 0 Å². The Hall–Kier alpha value is -2.59. The Morgan fingerprint density at radius 2 is 1.88 bits per heavy atom. The third kappa shape index (κ3) is 4.28. The van der Waals surface area contributed by atoms with Crippen molar-refractivity contribution in [1.82, 2.24) is 0 Å². The number of nitrogens with zero attached hydrogens (tertiary/aromatic N) is 1. The summed E-state index contributed by atoms with van der Waals surface area (Å²) in [7, 11) is 0. The molecule has 0 unspecified atom stereocenters. The Morgan fingerprint density at radius 3 is 2.56 bits per heavy atom. The molecule has 0 spiro atoms. The molecular weight excluding hydrogens is 338 g/mol. The second-order valence-corrected chi connectivity index (χ2v) is 6.50. The normalized spacial score (nSPS) is 15.4. The number of aliphatic imine (C=N–C) groups is 1. The molecule has 2 aromatic carbocycles. The van der Waals surface area contributed by atoms with Crippen LogP contribution in [0, 0.1) is 5.92 Å². The van der Waals surface area contributed by atoms with Gasteiger partial charge in [-0.25, -0.2) is 9.79 Å². The van der Waals surface area contributed by atoms with Crippen LogP contribution in [0.4, 0.5) is 0 Å². The summed E-state index contributed by atoms with van der Waals surface area (Å²) in [5.74, 6) is 0.992. The number of carbonyl (C=O) groups is 1. The van der Waals surface area contributed by atoms with Gasteiger partial charge in [-0.1, -0.05) is 49.7 Å². The van der Waals surface area contributed by atoms with Crippen molar-refractivity contribution in [2.24, 2.45) is 10.9 Å². The standard InChI is InChI=1S/C20H18ClNO3/c1-13(2)12-24-15-9-7-14(8-10-15)11-18-20(23)25-19(22-18)16-5-3-4-6-17(16)21/h3-11,13H,12H2,1-2H3/b18-11-. The number of cyclic esters (lactones) is 1. The number of hydrogen-bond donors (Lipinski definition) is 0. The van der Waals surface area contributed by atoms with Crippen LogP contribution in [0.15, 0.2) is 59.2 Å². The molecule has 4 nitrogen and oxygen atoms in total. The molecule has 0 aromatic heterocycles. The van der Waals surface area contributed by atoms with Crippen LogP contribution < -0.4 is 4.74 Å². The third-order valence-electron chi connectivity index (χ3n) is 3.49. The molecule has 0 aliphatic carbocycles. The average Bonchev–Trinajstić information content (AvgIpc) is 2.95. The van der Waals surface area contributed by atoms with Crippen LogP contribution in [0.1, 0.15) is 25.0 Å². The monoisotopic (exact) mass is 355 g/mol. The van der Waals surface area contributed by atoms with Crippen molar-refractivity contribution < 1.29 is 14.3 Å². The van der Waals surface area contributed by atoms with Crippen molar-refractivity contribution in [1.29, 1.82) is 0 Å². The Bertz CT molecular complexity index is 838. The minimum absolute atomic E-state index is 0.221. The minimum Gasteiger partial charge on any atom is -0.493 e. The molecule has 25 heavy (non-hydrogen) atoms. The fourth-order valence-electron chi connectivity index (χ4n) is 2.24. The zero-order chi connectivity index (χ0) is 17.8. The highest BCUT2D eigenvalue weighted by Crippen LogP contribution is 2.24. The summed E-state index contributed by atoms with van der Waals surface area (Å²) >= 11 is 6.12. The first-order valence-electron chi connectivity index (χ1n) is 8.03. The fourth-order valence-corrected chi connectivity index (χ4v) is 2.46. The minimum atomic E-state index is -0.491. The Morgan fingerprint density at radius 1 is 1.16 bits per heavy atom. The van der Waals surface area contributed by atoms with Crippen molar-refractivity contribution in [3.63, 3.8) is 0 Å². The van der Waals surface area contributed by atoms with Gasteiger partial charge >= 0.3 is 5.97 Å². The first-order valence-corrected chi connectivity index (χ1v) is 8.41. The van der Waals surface area contributed by atoms with E-state index in [0.29, 0.717) is 23.1 Å². The maximum absolute atomic E-state index is 12.0. The number of halogens is 1. The zero-order valence-corrected chi connectivity index (χ0v) is 14.8. The number of esters is 1. The Balaban J connectivity index is 1.79. The quantitative estimate of drug-likeness (QED) is 0.576. The van der Waals surface area contributed by atoms with E-state index in [0.717, 1.165) is 11.3 Å². The van der Waals surface area contributed by atoms with Gasteiger partial charge in [0.25, 0.3) is 0 Å². The lowest BCUT2D eigenvalue weighted by Crippen LogP contribution is -2.05. The van der Waals surface area contributed by atoms with Crippen LogP contribution in [0.5, 0.6) is 5.75 Å². The second-order valence-electron chi connectivity index (χ2n) is 6.09. The largest absolute Gasteiger partial charge is 0.493 e. The average molecular weight is 356 g/mol. The molecule has 0 radical (unpaired) electrons. The number of carbonyl (C=O) groups excluding carboxylic acids is 1. The summed E-state index contributed by atoms with van der Waals surface area (Å²) in [5.41, 5.74) is 1.68.